The van der Waals surface area contributed by atoms with Gasteiger partial charge in [0, 0.05) is 19.6 Å². The van der Waals surface area contributed by atoms with Crippen molar-refractivity contribution in [3.63, 3.8) is 0 Å². The summed E-state index contributed by atoms with van der Waals surface area (Å²) in [4.78, 5) is 39.6. The Hall–Kier alpha value is -2.32. The van der Waals surface area contributed by atoms with Gasteiger partial charge in [-0.1, -0.05) is 19.1 Å². The largest absolute Gasteiger partial charge is 0.484 e. The number of thioether (sulfide) groups is 1. The molecule has 2 aliphatic heterocycles. The van der Waals surface area contributed by atoms with Gasteiger partial charge in [-0.2, -0.15) is 0 Å². The Labute approximate surface area is 162 Å². The fourth-order valence-electron chi connectivity index (χ4n) is 2.78. The molecule has 27 heavy (non-hydrogen) atoms. The van der Waals surface area contributed by atoms with Gasteiger partial charge in [-0.05, 0) is 42.0 Å². The number of nitrogens with zero attached hydrogens (tertiary/aromatic N) is 2. The van der Waals surface area contributed by atoms with Crippen molar-refractivity contribution in [3.05, 3.63) is 34.7 Å². The van der Waals surface area contributed by atoms with Gasteiger partial charge in [0.25, 0.3) is 17.1 Å². The quantitative estimate of drug-likeness (QED) is 0.694. The molecule has 3 amide bonds. The number of morpholine rings is 1. The molecule has 2 aliphatic rings. The highest BCUT2D eigenvalue weighted by Crippen LogP contribution is 2.32. The SMILES string of the molecule is CCCN1C(=O)S/C(=C\c2ccc(OCC(=O)N3CCOCC3)cc2)C1=O. The van der Waals surface area contributed by atoms with Crippen LogP contribution in [-0.2, 0) is 14.3 Å². The molecule has 0 saturated carbocycles. The van der Waals surface area contributed by atoms with E-state index in [1.807, 2.05) is 6.92 Å². The fourth-order valence-corrected chi connectivity index (χ4v) is 3.64. The van der Waals surface area contributed by atoms with E-state index in [1.165, 1.54) is 4.90 Å². The highest BCUT2D eigenvalue weighted by molar-refractivity contribution is 8.18. The van der Waals surface area contributed by atoms with E-state index in [2.05, 4.69) is 0 Å². The van der Waals surface area contributed by atoms with Crippen LogP contribution in [0.1, 0.15) is 18.9 Å². The summed E-state index contributed by atoms with van der Waals surface area (Å²) in [5, 5.41) is -0.227. The van der Waals surface area contributed by atoms with Crippen LogP contribution in [0.4, 0.5) is 4.79 Å². The van der Waals surface area contributed by atoms with Crippen LogP contribution in [0.5, 0.6) is 5.75 Å². The zero-order valence-electron chi connectivity index (χ0n) is 15.2. The first kappa shape index (κ1) is 19.4. The van der Waals surface area contributed by atoms with Crippen LogP contribution >= 0.6 is 11.8 Å². The van der Waals surface area contributed by atoms with E-state index in [1.54, 1.807) is 35.2 Å². The minimum Gasteiger partial charge on any atom is -0.484 e. The van der Waals surface area contributed by atoms with Gasteiger partial charge >= 0.3 is 0 Å². The average Bonchev–Trinajstić information content (AvgIpc) is 2.95. The van der Waals surface area contributed by atoms with Crippen molar-refractivity contribution in [2.24, 2.45) is 0 Å². The summed E-state index contributed by atoms with van der Waals surface area (Å²) in [6, 6.07) is 7.08. The van der Waals surface area contributed by atoms with E-state index in [-0.39, 0.29) is 23.7 Å². The van der Waals surface area contributed by atoms with Gasteiger partial charge in [0.2, 0.25) is 0 Å². The van der Waals surface area contributed by atoms with Gasteiger partial charge in [0.05, 0.1) is 18.1 Å². The fraction of sp³-hybridized carbons (Fsp3) is 0.421. The van der Waals surface area contributed by atoms with Crippen molar-refractivity contribution in [1.29, 1.82) is 0 Å². The number of carbonyl (C=O) groups is 3. The topological polar surface area (TPSA) is 76.2 Å². The Morgan fingerprint density at radius 3 is 2.59 bits per heavy atom. The molecular formula is C19H22N2O5S. The summed E-state index contributed by atoms with van der Waals surface area (Å²) in [6.07, 6.45) is 2.43. The molecule has 7 nitrogen and oxygen atoms in total. The molecule has 0 bridgehead atoms. The first-order valence-electron chi connectivity index (χ1n) is 8.92. The molecule has 1 aromatic carbocycles. The second kappa shape index (κ2) is 9.05. The number of imide groups is 1. The molecule has 0 N–H and O–H groups in total. The lowest BCUT2D eigenvalue weighted by molar-refractivity contribution is -0.137. The van der Waals surface area contributed by atoms with Gasteiger partial charge in [-0.25, -0.2) is 0 Å². The Kier molecular flexibility index (Phi) is 6.52. The standard InChI is InChI=1S/C19H22N2O5S/c1-2-7-21-18(23)16(27-19(21)24)12-14-3-5-15(6-4-14)26-13-17(22)20-8-10-25-11-9-20/h3-6,12H,2,7-11,13H2,1H3/b16-12-. The van der Waals surface area contributed by atoms with Gasteiger partial charge in [-0.3, -0.25) is 19.3 Å². The van der Waals surface area contributed by atoms with Crippen molar-refractivity contribution in [1.82, 2.24) is 9.80 Å². The Morgan fingerprint density at radius 1 is 1.22 bits per heavy atom. The molecule has 0 spiro atoms. The van der Waals surface area contributed by atoms with E-state index in [0.717, 1.165) is 23.7 Å². The first-order valence-corrected chi connectivity index (χ1v) is 9.74. The summed E-state index contributed by atoms with van der Waals surface area (Å²) in [7, 11) is 0. The second-order valence-electron chi connectivity index (χ2n) is 6.18. The number of rotatable bonds is 6. The minimum absolute atomic E-state index is 0.0186. The molecule has 144 valence electrons. The van der Waals surface area contributed by atoms with Crippen molar-refractivity contribution in [3.8, 4) is 5.75 Å². The van der Waals surface area contributed by atoms with E-state index in [0.29, 0.717) is 43.5 Å². The van der Waals surface area contributed by atoms with E-state index in [4.69, 9.17) is 9.47 Å². The number of benzene rings is 1. The van der Waals surface area contributed by atoms with Crippen LogP contribution in [-0.4, -0.2) is 66.3 Å². The third-order valence-electron chi connectivity index (χ3n) is 4.22. The van der Waals surface area contributed by atoms with Gasteiger partial charge in [-0.15, -0.1) is 0 Å². The predicted octanol–water partition coefficient (Wildman–Crippen LogP) is 2.37. The highest BCUT2D eigenvalue weighted by Gasteiger charge is 2.34. The Bertz CT molecular complexity index is 741. The predicted molar refractivity (Wildman–Crippen MR) is 102 cm³/mol. The molecule has 0 radical (unpaired) electrons. The van der Waals surface area contributed by atoms with E-state index in [9.17, 15) is 14.4 Å². The van der Waals surface area contributed by atoms with Crippen LogP contribution in [0.3, 0.4) is 0 Å². The number of amides is 3. The molecule has 0 atom stereocenters. The lowest BCUT2D eigenvalue weighted by Crippen LogP contribution is -2.42. The van der Waals surface area contributed by atoms with E-state index >= 15 is 0 Å². The maximum absolute atomic E-state index is 12.2. The lowest BCUT2D eigenvalue weighted by Gasteiger charge is -2.26. The van der Waals surface area contributed by atoms with Crippen LogP contribution in [0.25, 0.3) is 6.08 Å². The second-order valence-corrected chi connectivity index (χ2v) is 7.18. The van der Waals surface area contributed by atoms with Crippen molar-refractivity contribution >= 4 is 34.9 Å². The molecule has 3 rings (SSSR count). The third-order valence-corrected chi connectivity index (χ3v) is 5.13. The van der Waals surface area contributed by atoms with Gasteiger partial charge in [0.15, 0.2) is 6.61 Å². The molecule has 0 aromatic heterocycles. The zero-order chi connectivity index (χ0) is 19.2. The van der Waals surface area contributed by atoms with Crippen molar-refractivity contribution < 1.29 is 23.9 Å². The van der Waals surface area contributed by atoms with Crippen LogP contribution in [0.2, 0.25) is 0 Å². The number of hydrogen-bond donors (Lipinski definition) is 0. The summed E-state index contributed by atoms with van der Waals surface area (Å²) in [6.45, 7) is 4.65. The molecule has 2 saturated heterocycles. The molecular weight excluding hydrogens is 368 g/mol. The maximum atomic E-state index is 12.2. The Morgan fingerprint density at radius 2 is 1.93 bits per heavy atom. The van der Waals surface area contributed by atoms with Gasteiger partial charge in [0.1, 0.15) is 5.75 Å². The van der Waals surface area contributed by atoms with Crippen LogP contribution in [0.15, 0.2) is 29.2 Å². The van der Waals surface area contributed by atoms with Crippen LogP contribution < -0.4 is 4.74 Å². The molecule has 8 heteroatoms. The summed E-state index contributed by atoms with van der Waals surface area (Å²) >= 11 is 0.958. The zero-order valence-corrected chi connectivity index (χ0v) is 16.0. The van der Waals surface area contributed by atoms with Crippen LogP contribution in [0, 0.1) is 0 Å². The van der Waals surface area contributed by atoms with E-state index < -0.39 is 0 Å². The molecule has 0 unspecified atom stereocenters. The maximum Gasteiger partial charge on any atom is 0.293 e. The molecule has 2 fully saturated rings. The van der Waals surface area contributed by atoms with Crippen molar-refractivity contribution in [2.75, 3.05) is 39.5 Å². The number of hydrogen-bond acceptors (Lipinski definition) is 6. The summed E-state index contributed by atoms with van der Waals surface area (Å²) in [5.74, 6) is 0.267. The number of ether oxygens (including phenoxy) is 2. The molecule has 0 aliphatic carbocycles. The van der Waals surface area contributed by atoms with Gasteiger partial charge < -0.3 is 14.4 Å². The average molecular weight is 390 g/mol. The minimum atomic E-state index is -0.247. The monoisotopic (exact) mass is 390 g/mol. The normalized spacial score (nSPS) is 19.1. The number of carbonyl (C=O) groups excluding carboxylic acids is 3. The third kappa shape index (κ3) is 4.90. The highest BCUT2D eigenvalue weighted by atomic mass is 32.2. The lowest BCUT2D eigenvalue weighted by atomic mass is 10.2. The first-order chi connectivity index (χ1) is 13.1. The van der Waals surface area contributed by atoms with Crippen molar-refractivity contribution in [2.45, 2.75) is 13.3 Å². The molecule has 2 heterocycles. The summed E-state index contributed by atoms with van der Waals surface area (Å²) in [5.41, 5.74) is 0.795. The molecule has 1 aromatic rings. The smallest absolute Gasteiger partial charge is 0.293 e. The summed E-state index contributed by atoms with van der Waals surface area (Å²) < 4.78 is 10.8. The Balaban J connectivity index is 1.56.